The molecule has 0 saturated carbocycles. The van der Waals surface area contributed by atoms with E-state index in [-0.39, 0.29) is 11.6 Å². The smallest absolute Gasteiger partial charge is 0.248 e. The second kappa shape index (κ2) is 4.23. The Bertz CT molecular complexity index is 330. The van der Waals surface area contributed by atoms with Gasteiger partial charge in [-0.15, -0.1) is 0 Å². The predicted octanol–water partition coefficient (Wildman–Crippen LogP) is 1.48. The molecule has 0 radical (unpaired) electrons. The molecule has 1 aromatic heterocycles. The van der Waals surface area contributed by atoms with Crippen molar-refractivity contribution in [2.75, 3.05) is 0 Å². The molecular weight excluding hydrogens is 164 g/mol. The van der Waals surface area contributed by atoms with Gasteiger partial charge in [-0.25, -0.2) is 0 Å². The molecule has 0 aliphatic carbocycles. The van der Waals surface area contributed by atoms with Gasteiger partial charge in [-0.1, -0.05) is 13.3 Å². The van der Waals surface area contributed by atoms with E-state index in [1.165, 1.54) is 0 Å². The number of aryl methyl sites for hydroxylation is 1. The molecule has 1 aromatic rings. The van der Waals surface area contributed by atoms with Crippen molar-refractivity contribution < 1.29 is 0 Å². The largest absolute Gasteiger partial charge is 0.329 e. The highest BCUT2D eigenvalue weighted by Gasteiger charge is 2.07. The zero-order valence-corrected chi connectivity index (χ0v) is 8.13. The first-order valence-electron chi connectivity index (χ1n) is 4.60. The molecule has 0 bridgehead atoms. The van der Waals surface area contributed by atoms with Gasteiger partial charge in [0.05, 0.1) is 0 Å². The molecule has 0 aliphatic rings. The van der Waals surface area contributed by atoms with Crippen molar-refractivity contribution in [2.24, 2.45) is 5.73 Å². The second-order valence-electron chi connectivity index (χ2n) is 3.33. The summed E-state index contributed by atoms with van der Waals surface area (Å²) in [5, 5.41) is 0. The lowest BCUT2D eigenvalue weighted by atomic mass is 10.0. The first kappa shape index (κ1) is 9.99. The summed E-state index contributed by atoms with van der Waals surface area (Å²) < 4.78 is 0. The zero-order valence-electron chi connectivity index (χ0n) is 8.13. The maximum Gasteiger partial charge on any atom is 0.248 e. The molecule has 0 amide bonds. The van der Waals surface area contributed by atoms with E-state index in [9.17, 15) is 4.79 Å². The molecule has 0 saturated heterocycles. The molecule has 0 spiro atoms. The van der Waals surface area contributed by atoms with Crippen molar-refractivity contribution in [3.63, 3.8) is 0 Å². The molecular formula is C10H16N2O. The molecule has 72 valence electrons. The van der Waals surface area contributed by atoms with Crippen LogP contribution in [0.4, 0.5) is 0 Å². The number of nitrogens with two attached hydrogens (primary N) is 1. The topological polar surface area (TPSA) is 58.9 Å². The van der Waals surface area contributed by atoms with E-state index >= 15 is 0 Å². The van der Waals surface area contributed by atoms with E-state index < -0.39 is 0 Å². The summed E-state index contributed by atoms with van der Waals surface area (Å²) in [6.45, 7) is 4.01. The fourth-order valence-corrected chi connectivity index (χ4v) is 1.45. The Morgan fingerprint density at radius 3 is 2.85 bits per heavy atom. The van der Waals surface area contributed by atoms with E-state index in [0.717, 1.165) is 24.0 Å². The third-order valence-electron chi connectivity index (χ3n) is 2.17. The molecule has 1 heterocycles. The Balaban J connectivity index is 2.94. The van der Waals surface area contributed by atoms with Crippen molar-refractivity contribution >= 4 is 0 Å². The van der Waals surface area contributed by atoms with Crippen LogP contribution in [0.5, 0.6) is 0 Å². The van der Waals surface area contributed by atoms with Gasteiger partial charge in [0.15, 0.2) is 0 Å². The van der Waals surface area contributed by atoms with Crippen molar-refractivity contribution in [1.82, 2.24) is 4.98 Å². The average molecular weight is 180 g/mol. The van der Waals surface area contributed by atoms with Crippen LogP contribution < -0.4 is 11.3 Å². The highest BCUT2D eigenvalue weighted by atomic mass is 16.1. The van der Waals surface area contributed by atoms with Gasteiger partial charge in [0, 0.05) is 18.3 Å². The summed E-state index contributed by atoms with van der Waals surface area (Å²) >= 11 is 0. The molecule has 0 fully saturated rings. The average Bonchev–Trinajstić information content (AvgIpc) is 2.04. The number of H-pyrrole nitrogens is 1. The van der Waals surface area contributed by atoms with Crippen LogP contribution in [0.3, 0.4) is 0 Å². The van der Waals surface area contributed by atoms with Gasteiger partial charge in [0.2, 0.25) is 5.56 Å². The lowest BCUT2D eigenvalue weighted by Crippen LogP contribution is -2.15. The van der Waals surface area contributed by atoms with Crippen LogP contribution in [0.2, 0.25) is 0 Å². The quantitative estimate of drug-likeness (QED) is 0.740. The fourth-order valence-electron chi connectivity index (χ4n) is 1.45. The summed E-state index contributed by atoms with van der Waals surface area (Å²) in [6.07, 6.45) is 3.73. The van der Waals surface area contributed by atoms with Crippen molar-refractivity contribution in [3.05, 3.63) is 33.7 Å². The third-order valence-corrected chi connectivity index (χ3v) is 2.17. The Kier molecular flexibility index (Phi) is 3.25. The first-order valence-corrected chi connectivity index (χ1v) is 4.60. The standard InChI is InChI=1S/C10H16N2O/c1-3-4-9(11)8-6-12-10(13)5-7(8)2/h5-6,9H,3-4,11H2,1-2H3,(H,12,13). The van der Waals surface area contributed by atoms with E-state index in [1.54, 1.807) is 12.3 Å². The van der Waals surface area contributed by atoms with Crippen LogP contribution in [0.15, 0.2) is 17.1 Å². The van der Waals surface area contributed by atoms with Gasteiger partial charge in [-0.05, 0) is 24.5 Å². The highest BCUT2D eigenvalue weighted by Crippen LogP contribution is 2.16. The van der Waals surface area contributed by atoms with Crippen LogP contribution in [-0.4, -0.2) is 4.98 Å². The Labute approximate surface area is 78.0 Å². The lowest BCUT2D eigenvalue weighted by molar-refractivity contribution is 0.632. The zero-order chi connectivity index (χ0) is 9.84. The molecule has 0 aliphatic heterocycles. The Morgan fingerprint density at radius 1 is 1.62 bits per heavy atom. The maximum atomic E-state index is 10.9. The van der Waals surface area contributed by atoms with Gasteiger partial charge in [0.1, 0.15) is 0 Å². The van der Waals surface area contributed by atoms with E-state index in [4.69, 9.17) is 5.73 Å². The van der Waals surface area contributed by atoms with Crippen molar-refractivity contribution in [3.8, 4) is 0 Å². The monoisotopic (exact) mass is 180 g/mol. The first-order chi connectivity index (χ1) is 6.15. The maximum absolute atomic E-state index is 10.9. The summed E-state index contributed by atoms with van der Waals surface area (Å²) in [5.41, 5.74) is 7.89. The minimum Gasteiger partial charge on any atom is -0.329 e. The van der Waals surface area contributed by atoms with Crippen LogP contribution in [0, 0.1) is 6.92 Å². The number of aromatic nitrogens is 1. The predicted molar refractivity (Wildman–Crippen MR) is 53.6 cm³/mol. The molecule has 3 nitrogen and oxygen atoms in total. The number of rotatable bonds is 3. The third kappa shape index (κ3) is 2.42. The summed E-state index contributed by atoms with van der Waals surface area (Å²) in [5.74, 6) is 0. The minimum absolute atomic E-state index is 0.0434. The van der Waals surface area contributed by atoms with E-state index in [0.29, 0.717) is 0 Å². The van der Waals surface area contributed by atoms with Crippen molar-refractivity contribution in [2.45, 2.75) is 32.7 Å². The molecule has 0 aromatic carbocycles. The number of hydrogen-bond donors (Lipinski definition) is 2. The van der Waals surface area contributed by atoms with Gasteiger partial charge < -0.3 is 10.7 Å². The molecule has 13 heavy (non-hydrogen) atoms. The van der Waals surface area contributed by atoms with E-state index in [1.807, 2.05) is 6.92 Å². The lowest BCUT2D eigenvalue weighted by Gasteiger charge is -2.12. The van der Waals surface area contributed by atoms with E-state index in [2.05, 4.69) is 11.9 Å². The second-order valence-corrected chi connectivity index (χ2v) is 3.33. The Hall–Kier alpha value is -1.09. The number of aromatic amines is 1. The van der Waals surface area contributed by atoms with Crippen molar-refractivity contribution in [1.29, 1.82) is 0 Å². The summed E-state index contributed by atoms with van der Waals surface area (Å²) in [7, 11) is 0. The normalized spacial score (nSPS) is 12.8. The molecule has 1 unspecified atom stereocenters. The van der Waals surface area contributed by atoms with Gasteiger partial charge in [-0.2, -0.15) is 0 Å². The minimum atomic E-state index is -0.0649. The van der Waals surface area contributed by atoms with Crippen LogP contribution in [-0.2, 0) is 0 Å². The summed E-state index contributed by atoms with van der Waals surface area (Å²) in [4.78, 5) is 13.6. The fraction of sp³-hybridized carbons (Fsp3) is 0.500. The van der Waals surface area contributed by atoms with Gasteiger partial charge >= 0.3 is 0 Å². The van der Waals surface area contributed by atoms with Gasteiger partial charge in [-0.3, -0.25) is 4.79 Å². The molecule has 1 rings (SSSR count). The summed E-state index contributed by atoms with van der Waals surface area (Å²) in [6, 6.07) is 1.63. The van der Waals surface area contributed by atoms with Gasteiger partial charge in [0.25, 0.3) is 0 Å². The molecule has 1 atom stereocenters. The molecule has 3 N–H and O–H groups in total. The number of pyridine rings is 1. The SMILES string of the molecule is CCCC(N)c1c[nH]c(=O)cc1C. The van der Waals surface area contributed by atoms with Crippen LogP contribution in [0.1, 0.15) is 36.9 Å². The van der Waals surface area contributed by atoms with Crippen LogP contribution >= 0.6 is 0 Å². The van der Waals surface area contributed by atoms with Crippen LogP contribution in [0.25, 0.3) is 0 Å². The highest BCUT2D eigenvalue weighted by molar-refractivity contribution is 5.24. The molecule has 3 heteroatoms. The Morgan fingerprint density at radius 2 is 2.31 bits per heavy atom. The number of hydrogen-bond acceptors (Lipinski definition) is 2. The number of nitrogens with one attached hydrogen (secondary N) is 1.